The fraction of sp³-hybridized carbons (Fsp3) is 0.200. The molecule has 82 valence electrons. The molecule has 0 fully saturated rings. The first-order valence-electron chi connectivity index (χ1n) is 5.50. The maximum absolute atomic E-state index is 9.25. The summed E-state index contributed by atoms with van der Waals surface area (Å²) in [4.78, 5) is 0. The fourth-order valence-corrected chi connectivity index (χ4v) is 1.82. The average molecular weight is 212 g/mol. The number of phenolic OH excluding ortho intramolecular Hbond substituents is 1. The standard InChI is InChI=1S/C15H16O/c1-11(2)13-4-3-5-14(10-13)12-6-8-15(16)9-7-12/h3-9,16H,10H2,1-2H3. The molecule has 0 aliphatic heterocycles. The van der Waals surface area contributed by atoms with E-state index in [1.807, 2.05) is 12.1 Å². The van der Waals surface area contributed by atoms with Crippen molar-refractivity contribution in [2.24, 2.45) is 0 Å². The van der Waals surface area contributed by atoms with Crippen LogP contribution < -0.4 is 0 Å². The summed E-state index contributed by atoms with van der Waals surface area (Å²) in [7, 11) is 0. The van der Waals surface area contributed by atoms with Crippen LogP contribution in [0.1, 0.15) is 25.8 Å². The molecule has 0 saturated heterocycles. The third kappa shape index (κ3) is 2.25. The van der Waals surface area contributed by atoms with Crippen LogP contribution in [0.4, 0.5) is 0 Å². The molecule has 1 heteroatoms. The minimum absolute atomic E-state index is 0.318. The Bertz CT molecular complexity index is 469. The number of phenols is 1. The third-order valence-electron chi connectivity index (χ3n) is 2.86. The second-order valence-electron chi connectivity index (χ2n) is 4.30. The van der Waals surface area contributed by atoms with E-state index in [0.717, 1.165) is 6.42 Å². The summed E-state index contributed by atoms with van der Waals surface area (Å²) in [5, 5.41) is 9.25. The normalized spacial score (nSPS) is 14.9. The lowest BCUT2D eigenvalue weighted by Gasteiger charge is -2.13. The number of benzene rings is 1. The summed E-state index contributed by atoms with van der Waals surface area (Å²) in [5.74, 6) is 0.318. The van der Waals surface area contributed by atoms with Crippen molar-refractivity contribution < 1.29 is 5.11 Å². The molecular weight excluding hydrogens is 196 g/mol. The van der Waals surface area contributed by atoms with Gasteiger partial charge in [-0.25, -0.2) is 0 Å². The van der Waals surface area contributed by atoms with E-state index in [2.05, 4.69) is 32.1 Å². The molecule has 0 amide bonds. The largest absolute Gasteiger partial charge is 0.508 e. The molecule has 2 rings (SSSR count). The van der Waals surface area contributed by atoms with E-state index in [4.69, 9.17) is 0 Å². The zero-order valence-electron chi connectivity index (χ0n) is 9.70. The minimum Gasteiger partial charge on any atom is -0.508 e. The van der Waals surface area contributed by atoms with Gasteiger partial charge in [-0.1, -0.05) is 35.9 Å². The summed E-state index contributed by atoms with van der Waals surface area (Å²) in [6.45, 7) is 4.28. The molecule has 0 radical (unpaired) electrons. The van der Waals surface area contributed by atoms with Crippen LogP contribution in [0.15, 0.2) is 53.6 Å². The van der Waals surface area contributed by atoms with Gasteiger partial charge in [0.2, 0.25) is 0 Å². The van der Waals surface area contributed by atoms with Crippen molar-refractivity contribution in [1.29, 1.82) is 0 Å². The molecule has 1 aliphatic carbocycles. The molecule has 16 heavy (non-hydrogen) atoms. The molecule has 0 spiro atoms. The second kappa shape index (κ2) is 4.40. The van der Waals surface area contributed by atoms with E-state index in [-0.39, 0.29) is 0 Å². The van der Waals surface area contributed by atoms with Crippen molar-refractivity contribution in [3.63, 3.8) is 0 Å². The van der Waals surface area contributed by atoms with Crippen molar-refractivity contribution in [2.45, 2.75) is 20.3 Å². The van der Waals surface area contributed by atoms with Gasteiger partial charge in [0.15, 0.2) is 0 Å². The smallest absolute Gasteiger partial charge is 0.115 e. The van der Waals surface area contributed by atoms with E-state index < -0.39 is 0 Å². The van der Waals surface area contributed by atoms with Crippen molar-refractivity contribution in [3.05, 3.63) is 59.2 Å². The minimum atomic E-state index is 0.318. The molecule has 1 aliphatic rings. The topological polar surface area (TPSA) is 20.2 Å². The van der Waals surface area contributed by atoms with Crippen molar-refractivity contribution >= 4 is 5.57 Å². The molecule has 0 unspecified atom stereocenters. The van der Waals surface area contributed by atoms with E-state index >= 15 is 0 Å². The first-order valence-corrected chi connectivity index (χ1v) is 5.50. The van der Waals surface area contributed by atoms with Gasteiger partial charge in [0.05, 0.1) is 0 Å². The Balaban J connectivity index is 2.30. The molecule has 1 nitrogen and oxygen atoms in total. The Hall–Kier alpha value is -1.76. The Kier molecular flexibility index (Phi) is 2.95. The van der Waals surface area contributed by atoms with Gasteiger partial charge in [-0.3, -0.25) is 0 Å². The van der Waals surface area contributed by atoms with Gasteiger partial charge in [-0.15, -0.1) is 0 Å². The average Bonchev–Trinajstić information content (AvgIpc) is 2.30. The first-order chi connectivity index (χ1) is 7.66. The Morgan fingerprint density at radius 3 is 2.44 bits per heavy atom. The lowest BCUT2D eigenvalue weighted by molar-refractivity contribution is 0.475. The van der Waals surface area contributed by atoms with Crippen LogP contribution >= 0.6 is 0 Å². The summed E-state index contributed by atoms with van der Waals surface area (Å²) in [6, 6.07) is 7.39. The summed E-state index contributed by atoms with van der Waals surface area (Å²) < 4.78 is 0. The van der Waals surface area contributed by atoms with E-state index in [9.17, 15) is 5.11 Å². The second-order valence-corrected chi connectivity index (χ2v) is 4.30. The molecule has 0 aromatic heterocycles. The molecule has 0 bridgehead atoms. The maximum atomic E-state index is 9.25. The first kappa shape index (κ1) is 10.7. The number of allylic oxidation sites excluding steroid dienone is 6. The molecule has 1 aromatic carbocycles. The van der Waals surface area contributed by atoms with Crippen molar-refractivity contribution in [1.82, 2.24) is 0 Å². The quantitative estimate of drug-likeness (QED) is 0.744. The van der Waals surface area contributed by atoms with Crippen LogP contribution in [0, 0.1) is 0 Å². The predicted octanol–water partition coefficient (Wildman–Crippen LogP) is 4.07. The zero-order chi connectivity index (χ0) is 11.5. The van der Waals surface area contributed by atoms with E-state index in [0.29, 0.717) is 5.75 Å². The molecule has 0 heterocycles. The monoisotopic (exact) mass is 212 g/mol. The Morgan fingerprint density at radius 2 is 1.81 bits per heavy atom. The van der Waals surface area contributed by atoms with E-state index in [1.54, 1.807) is 12.1 Å². The van der Waals surface area contributed by atoms with Crippen LogP contribution in [0.3, 0.4) is 0 Å². The molecule has 0 saturated carbocycles. The summed E-state index contributed by atoms with van der Waals surface area (Å²) >= 11 is 0. The van der Waals surface area contributed by atoms with Crippen LogP contribution in [-0.2, 0) is 0 Å². The highest BCUT2D eigenvalue weighted by Gasteiger charge is 2.07. The van der Waals surface area contributed by atoms with Crippen LogP contribution in [0.2, 0.25) is 0 Å². The number of hydrogen-bond acceptors (Lipinski definition) is 1. The van der Waals surface area contributed by atoms with Gasteiger partial charge in [0.1, 0.15) is 5.75 Å². The Morgan fingerprint density at radius 1 is 1.12 bits per heavy atom. The lowest BCUT2D eigenvalue weighted by atomic mass is 9.92. The highest BCUT2D eigenvalue weighted by Crippen LogP contribution is 2.29. The van der Waals surface area contributed by atoms with Gasteiger partial charge >= 0.3 is 0 Å². The fourth-order valence-electron chi connectivity index (χ4n) is 1.82. The van der Waals surface area contributed by atoms with E-state index in [1.165, 1.54) is 22.3 Å². The highest BCUT2D eigenvalue weighted by atomic mass is 16.3. The predicted molar refractivity (Wildman–Crippen MR) is 68.2 cm³/mol. The molecule has 1 N–H and O–H groups in total. The highest BCUT2D eigenvalue weighted by molar-refractivity contribution is 5.72. The number of rotatable bonds is 1. The van der Waals surface area contributed by atoms with Crippen molar-refractivity contribution in [3.8, 4) is 5.75 Å². The van der Waals surface area contributed by atoms with Gasteiger partial charge in [-0.05, 0) is 49.1 Å². The van der Waals surface area contributed by atoms with Crippen LogP contribution in [0.25, 0.3) is 5.57 Å². The van der Waals surface area contributed by atoms with Crippen LogP contribution in [0.5, 0.6) is 5.75 Å². The van der Waals surface area contributed by atoms with Gasteiger partial charge in [0, 0.05) is 0 Å². The van der Waals surface area contributed by atoms with Gasteiger partial charge in [0.25, 0.3) is 0 Å². The zero-order valence-corrected chi connectivity index (χ0v) is 9.70. The molecular formula is C15H16O. The SMILES string of the molecule is CC(C)=C1C=CC=C(c2ccc(O)cc2)C1. The van der Waals surface area contributed by atoms with Crippen LogP contribution in [-0.4, -0.2) is 5.11 Å². The Labute approximate surface area is 96.4 Å². The van der Waals surface area contributed by atoms with Gasteiger partial charge < -0.3 is 5.11 Å². The summed E-state index contributed by atoms with van der Waals surface area (Å²) in [5.41, 5.74) is 5.23. The molecule has 1 aromatic rings. The number of aromatic hydroxyl groups is 1. The third-order valence-corrected chi connectivity index (χ3v) is 2.86. The van der Waals surface area contributed by atoms with Gasteiger partial charge in [-0.2, -0.15) is 0 Å². The number of hydrogen-bond donors (Lipinski definition) is 1. The van der Waals surface area contributed by atoms with Crippen molar-refractivity contribution in [2.75, 3.05) is 0 Å². The molecule has 0 atom stereocenters. The maximum Gasteiger partial charge on any atom is 0.115 e. The summed E-state index contributed by atoms with van der Waals surface area (Å²) in [6.07, 6.45) is 7.37. The lowest BCUT2D eigenvalue weighted by Crippen LogP contribution is -1.92.